The van der Waals surface area contributed by atoms with Crippen LogP contribution in [-0.4, -0.2) is 71.6 Å². The first-order chi connectivity index (χ1) is 17.5. The topological polar surface area (TPSA) is 78.6 Å². The van der Waals surface area contributed by atoms with E-state index in [0.29, 0.717) is 34.2 Å². The van der Waals surface area contributed by atoms with Gasteiger partial charge in [-0.1, -0.05) is 25.5 Å². The van der Waals surface area contributed by atoms with Gasteiger partial charge < -0.3 is 14.5 Å². The molecule has 190 valence electrons. The fraction of sp³-hybridized carbons (Fsp3) is 0.444. The van der Waals surface area contributed by atoms with Crippen LogP contribution in [0, 0.1) is 5.82 Å². The highest BCUT2D eigenvalue weighted by Gasteiger charge is 2.32. The van der Waals surface area contributed by atoms with E-state index >= 15 is 4.39 Å². The van der Waals surface area contributed by atoms with Crippen LogP contribution in [0.15, 0.2) is 63.3 Å². The highest BCUT2D eigenvalue weighted by molar-refractivity contribution is 6.20. The molecule has 1 aromatic heterocycles. The molecule has 0 amide bonds. The number of benzene rings is 1. The first kappa shape index (κ1) is 25.8. The maximum Gasteiger partial charge on any atom is 0.160 e. The number of ether oxygens (including phenoxy) is 1. The number of aliphatic imine (C=N–C) groups is 3. The summed E-state index contributed by atoms with van der Waals surface area (Å²) in [5, 5.41) is 0. The van der Waals surface area contributed by atoms with Gasteiger partial charge in [0.05, 0.1) is 17.8 Å². The summed E-state index contributed by atoms with van der Waals surface area (Å²) in [5.41, 5.74) is 3.43. The van der Waals surface area contributed by atoms with E-state index in [0.717, 1.165) is 25.2 Å². The van der Waals surface area contributed by atoms with Gasteiger partial charge in [0.2, 0.25) is 0 Å². The minimum atomic E-state index is -0.247. The normalized spacial score (nSPS) is 19.9. The first-order valence-electron chi connectivity index (χ1n) is 12.4. The second-order valence-corrected chi connectivity index (χ2v) is 9.25. The van der Waals surface area contributed by atoms with E-state index in [9.17, 15) is 0 Å². The van der Waals surface area contributed by atoms with E-state index in [1.54, 1.807) is 25.6 Å². The van der Waals surface area contributed by atoms with Crippen LogP contribution in [-0.2, 0) is 11.3 Å². The molecule has 0 spiro atoms. The fourth-order valence-electron chi connectivity index (χ4n) is 4.64. The van der Waals surface area contributed by atoms with Crippen LogP contribution in [0.5, 0.6) is 0 Å². The van der Waals surface area contributed by atoms with Crippen molar-refractivity contribution < 1.29 is 9.13 Å². The molecular weight excluding hydrogens is 457 g/mol. The lowest BCUT2D eigenvalue weighted by Crippen LogP contribution is -2.33. The molecule has 0 aliphatic carbocycles. The lowest BCUT2D eigenvalue weighted by Gasteiger charge is -2.29. The monoisotopic (exact) mass is 491 g/mol. The van der Waals surface area contributed by atoms with E-state index < -0.39 is 0 Å². The number of methoxy groups -OCH3 is 1. The number of allylic oxidation sites excluding steroid dienone is 1. The van der Waals surface area contributed by atoms with Gasteiger partial charge in [-0.2, -0.15) is 0 Å². The number of halogens is 1. The molecule has 1 unspecified atom stereocenters. The molecule has 0 bridgehead atoms. The van der Waals surface area contributed by atoms with Crippen molar-refractivity contribution in [3.05, 3.63) is 70.8 Å². The smallest absolute Gasteiger partial charge is 0.160 e. The third kappa shape index (κ3) is 5.91. The van der Waals surface area contributed by atoms with E-state index in [-0.39, 0.29) is 25.0 Å². The predicted octanol–water partition coefficient (Wildman–Crippen LogP) is 4.40. The molecule has 1 saturated heterocycles. The summed E-state index contributed by atoms with van der Waals surface area (Å²) in [6.07, 6.45) is 8.61. The number of rotatable bonds is 9. The molecule has 8 nitrogen and oxygen atoms in total. The Morgan fingerprint density at radius 3 is 2.61 bits per heavy atom. The number of aromatic nitrogens is 2. The van der Waals surface area contributed by atoms with Crippen LogP contribution in [0.25, 0.3) is 0 Å². The van der Waals surface area contributed by atoms with Gasteiger partial charge in [0.1, 0.15) is 30.4 Å². The first-order valence-corrected chi connectivity index (χ1v) is 12.4. The van der Waals surface area contributed by atoms with E-state index in [2.05, 4.69) is 38.5 Å². The van der Waals surface area contributed by atoms with E-state index in [4.69, 9.17) is 9.73 Å². The van der Waals surface area contributed by atoms with Gasteiger partial charge in [-0.05, 0) is 57.1 Å². The summed E-state index contributed by atoms with van der Waals surface area (Å²) in [6.45, 7) is 11.2. The minimum Gasteiger partial charge on any atom is -0.362 e. The van der Waals surface area contributed by atoms with Crippen LogP contribution in [0.3, 0.4) is 0 Å². The largest absolute Gasteiger partial charge is 0.362 e. The Morgan fingerprint density at radius 2 is 1.94 bits per heavy atom. The van der Waals surface area contributed by atoms with Gasteiger partial charge in [0, 0.05) is 31.6 Å². The van der Waals surface area contributed by atoms with Crippen molar-refractivity contribution in [3.63, 3.8) is 0 Å². The molecule has 9 heteroatoms. The van der Waals surface area contributed by atoms with Crippen LogP contribution >= 0.6 is 0 Å². The standard InChI is InChI=1S/C27H34FN7O/c1-19(15-34-10-6-5-7-11-34)21-8-9-22(24(28)12-21)16-35-26(23-13-30-17-31-14-23)33-25(20(2)29-3)27(35)32-18-36-4/h8-9,12-14,17,19H,3,5-7,10-11,15-16,18H2,1-2,4H3/b25-20+,32-27?. The van der Waals surface area contributed by atoms with Crippen molar-refractivity contribution in [1.82, 2.24) is 19.8 Å². The molecule has 0 N–H and O–H groups in total. The molecule has 1 atom stereocenters. The van der Waals surface area contributed by atoms with Crippen LogP contribution in [0.1, 0.15) is 55.7 Å². The number of likely N-dealkylation sites (tertiary alicyclic amines) is 1. The summed E-state index contributed by atoms with van der Waals surface area (Å²) in [7, 11) is 1.57. The van der Waals surface area contributed by atoms with E-state index in [1.807, 2.05) is 24.0 Å². The van der Waals surface area contributed by atoms with Crippen molar-refractivity contribution in [1.29, 1.82) is 0 Å². The summed E-state index contributed by atoms with van der Waals surface area (Å²) in [4.78, 5) is 26.0. The highest BCUT2D eigenvalue weighted by Crippen LogP contribution is 2.28. The van der Waals surface area contributed by atoms with E-state index in [1.165, 1.54) is 25.6 Å². The molecule has 1 fully saturated rings. The zero-order chi connectivity index (χ0) is 25.5. The van der Waals surface area contributed by atoms with Crippen molar-refractivity contribution in [2.45, 2.75) is 45.6 Å². The molecule has 3 heterocycles. The number of nitrogens with zero attached hydrogens (tertiary/aromatic N) is 7. The van der Waals surface area contributed by atoms with Crippen LogP contribution in [0.2, 0.25) is 0 Å². The average molecular weight is 492 g/mol. The maximum atomic E-state index is 15.5. The summed E-state index contributed by atoms with van der Waals surface area (Å²) >= 11 is 0. The zero-order valence-electron chi connectivity index (χ0n) is 21.3. The van der Waals surface area contributed by atoms with Crippen molar-refractivity contribution in [2.24, 2.45) is 15.0 Å². The Hall–Kier alpha value is -3.30. The lowest BCUT2D eigenvalue weighted by molar-refractivity contribution is 0.208. The molecule has 0 saturated carbocycles. The van der Waals surface area contributed by atoms with Crippen molar-refractivity contribution in [3.8, 4) is 0 Å². The number of hydrogen-bond acceptors (Lipinski definition) is 7. The molecule has 2 aromatic rings. The second kappa shape index (κ2) is 12.1. The number of piperidine rings is 1. The Kier molecular flexibility index (Phi) is 8.66. The Labute approximate surface area is 212 Å². The molecule has 36 heavy (non-hydrogen) atoms. The highest BCUT2D eigenvalue weighted by atomic mass is 19.1. The summed E-state index contributed by atoms with van der Waals surface area (Å²) in [6, 6.07) is 5.57. The predicted molar refractivity (Wildman–Crippen MR) is 141 cm³/mol. The zero-order valence-corrected chi connectivity index (χ0v) is 21.3. The van der Waals surface area contributed by atoms with Gasteiger partial charge in [-0.15, -0.1) is 0 Å². The number of hydrogen-bond donors (Lipinski definition) is 0. The maximum absolute atomic E-state index is 15.5. The van der Waals surface area contributed by atoms with Crippen LogP contribution in [0.4, 0.5) is 4.39 Å². The van der Waals surface area contributed by atoms with Gasteiger partial charge in [0.25, 0.3) is 0 Å². The SMILES string of the molecule is C=N/C(C)=C1/N=C(c2cncnc2)N(Cc2ccc(C(C)CN3CCCCC3)cc2F)C1=NCOC. The lowest BCUT2D eigenvalue weighted by atomic mass is 9.97. The Morgan fingerprint density at radius 1 is 1.19 bits per heavy atom. The second-order valence-electron chi connectivity index (χ2n) is 9.25. The molecule has 2 aliphatic heterocycles. The third-order valence-electron chi connectivity index (χ3n) is 6.64. The molecule has 0 radical (unpaired) electrons. The van der Waals surface area contributed by atoms with Gasteiger partial charge in [0.15, 0.2) is 5.84 Å². The summed E-state index contributed by atoms with van der Waals surface area (Å²) < 4.78 is 20.7. The average Bonchev–Trinajstić information content (AvgIpc) is 3.27. The number of amidine groups is 2. The Bertz CT molecular complexity index is 1160. The van der Waals surface area contributed by atoms with Crippen LogP contribution < -0.4 is 0 Å². The van der Waals surface area contributed by atoms with Crippen molar-refractivity contribution >= 4 is 18.4 Å². The Balaban J connectivity index is 1.63. The quantitative estimate of drug-likeness (QED) is 0.486. The molecule has 2 aliphatic rings. The van der Waals surface area contributed by atoms with Crippen molar-refractivity contribution in [2.75, 3.05) is 33.5 Å². The van der Waals surface area contributed by atoms with Gasteiger partial charge in [-0.25, -0.2) is 24.3 Å². The van der Waals surface area contributed by atoms with Gasteiger partial charge in [-0.3, -0.25) is 4.99 Å². The summed E-state index contributed by atoms with van der Waals surface area (Å²) in [5.74, 6) is 1.13. The molecule has 4 rings (SSSR count). The third-order valence-corrected chi connectivity index (χ3v) is 6.64. The fourth-order valence-corrected chi connectivity index (χ4v) is 4.64. The molecule has 1 aromatic carbocycles. The minimum absolute atomic E-state index is 0.128. The van der Waals surface area contributed by atoms with Gasteiger partial charge >= 0.3 is 0 Å². The molecular formula is C27H34FN7O.